The maximum absolute atomic E-state index is 9.42. The van der Waals surface area contributed by atoms with Crippen molar-refractivity contribution < 1.29 is 5.11 Å². The number of nitrogens with two attached hydrogens (primary N) is 1. The van der Waals surface area contributed by atoms with Crippen LogP contribution in [0.1, 0.15) is 25.5 Å². The molecule has 3 heteroatoms. The van der Waals surface area contributed by atoms with Crippen molar-refractivity contribution in [3.8, 4) is 0 Å². The van der Waals surface area contributed by atoms with Crippen molar-refractivity contribution >= 4 is 10.9 Å². The van der Waals surface area contributed by atoms with E-state index < -0.39 is 0 Å². The molecule has 1 aromatic carbocycles. The number of para-hydroxylation sites is 1. The molecular formula is C14H20N2O. The molecule has 0 amide bonds. The molecule has 0 unspecified atom stereocenters. The first kappa shape index (κ1) is 12.1. The quantitative estimate of drug-likeness (QED) is 0.852. The predicted octanol–water partition coefficient (Wildman–Crippen LogP) is 2.20. The summed E-state index contributed by atoms with van der Waals surface area (Å²) in [4.78, 5) is 0. The van der Waals surface area contributed by atoms with Gasteiger partial charge in [-0.3, -0.25) is 0 Å². The number of benzene rings is 1. The van der Waals surface area contributed by atoms with Crippen LogP contribution in [-0.4, -0.2) is 16.3 Å². The molecule has 0 bridgehead atoms. The Kier molecular flexibility index (Phi) is 2.98. The average molecular weight is 232 g/mol. The third-order valence-corrected chi connectivity index (χ3v) is 3.51. The minimum absolute atomic E-state index is 0.0807. The second kappa shape index (κ2) is 4.17. The van der Waals surface area contributed by atoms with E-state index in [2.05, 4.69) is 22.9 Å². The molecule has 0 aliphatic rings. The maximum Gasteiger partial charge on any atom is 0.0500 e. The summed E-state index contributed by atoms with van der Waals surface area (Å²) in [5.74, 6) is 0. The molecule has 92 valence electrons. The largest absolute Gasteiger partial charge is 0.396 e. The SMILES string of the molecule is Cn1cc([C@@H](N)C(C)(C)CO)c2ccccc21. The summed E-state index contributed by atoms with van der Waals surface area (Å²) in [5, 5.41) is 10.6. The third kappa shape index (κ3) is 1.96. The Bertz CT molecular complexity index is 528. The van der Waals surface area contributed by atoms with Crippen molar-refractivity contribution in [1.82, 2.24) is 4.57 Å². The van der Waals surface area contributed by atoms with Crippen LogP contribution in [0.25, 0.3) is 10.9 Å². The van der Waals surface area contributed by atoms with E-state index in [0.29, 0.717) is 0 Å². The fourth-order valence-corrected chi connectivity index (χ4v) is 2.14. The van der Waals surface area contributed by atoms with Crippen LogP contribution in [0.15, 0.2) is 30.5 Å². The van der Waals surface area contributed by atoms with Gasteiger partial charge in [-0.15, -0.1) is 0 Å². The van der Waals surface area contributed by atoms with E-state index >= 15 is 0 Å². The highest BCUT2D eigenvalue weighted by Crippen LogP contribution is 2.35. The van der Waals surface area contributed by atoms with Gasteiger partial charge in [0.1, 0.15) is 0 Å². The van der Waals surface area contributed by atoms with Crippen LogP contribution in [0.2, 0.25) is 0 Å². The van der Waals surface area contributed by atoms with E-state index in [-0.39, 0.29) is 18.1 Å². The Morgan fingerprint density at radius 1 is 1.35 bits per heavy atom. The van der Waals surface area contributed by atoms with Crippen LogP contribution in [0.4, 0.5) is 0 Å². The lowest BCUT2D eigenvalue weighted by Gasteiger charge is -2.29. The van der Waals surface area contributed by atoms with Crippen LogP contribution in [-0.2, 0) is 7.05 Å². The van der Waals surface area contributed by atoms with Crippen LogP contribution < -0.4 is 5.73 Å². The van der Waals surface area contributed by atoms with Gasteiger partial charge in [-0.25, -0.2) is 0 Å². The highest BCUT2D eigenvalue weighted by atomic mass is 16.3. The minimum atomic E-state index is -0.315. The van der Waals surface area contributed by atoms with Gasteiger partial charge in [0.15, 0.2) is 0 Å². The van der Waals surface area contributed by atoms with E-state index in [1.807, 2.05) is 33.0 Å². The molecule has 0 radical (unpaired) electrons. The van der Waals surface area contributed by atoms with Gasteiger partial charge in [-0.05, 0) is 11.6 Å². The smallest absolute Gasteiger partial charge is 0.0500 e. The number of nitrogens with zero attached hydrogens (tertiary/aromatic N) is 1. The summed E-state index contributed by atoms with van der Waals surface area (Å²) < 4.78 is 2.08. The van der Waals surface area contributed by atoms with Crippen molar-refractivity contribution in [1.29, 1.82) is 0 Å². The second-order valence-electron chi connectivity index (χ2n) is 5.34. The molecule has 17 heavy (non-hydrogen) atoms. The molecule has 1 atom stereocenters. The van der Waals surface area contributed by atoms with E-state index in [0.717, 1.165) is 5.56 Å². The second-order valence-corrected chi connectivity index (χ2v) is 5.34. The Labute approximate surface area is 102 Å². The van der Waals surface area contributed by atoms with Crippen molar-refractivity contribution in [2.45, 2.75) is 19.9 Å². The Balaban J connectivity index is 2.56. The fraction of sp³-hybridized carbons (Fsp3) is 0.429. The zero-order valence-electron chi connectivity index (χ0n) is 10.6. The minimum Gasteiger partial charge on any atom is -0.396 e. The zero-order valence-corrected chi connectivity index (χ0v) is 10.6. The molecule has 1 aromatic heterocycles. The summed E-state index contributed by atoms with van der Waals surface area (Å²) in [6.45, 7) is 4.05. The highest BCUT2D eigenvalue weighted by Gasteiger charge is 2.29. The lowest BCUT2D eigenvalue weighted by atomic mass is 9.82. The molecule has 2 aromatic rings. The number of hydrogen-bond acceptors (Lipinski definition) is 2. The van der Waals surface area contributed by atoms with Crippen molar-refractivity contribution in [2.24, 2.45) is 18.2 Å². The Hall–Kier alpha value is -1.32. The molecule has 1 heterocycles. The van der Waals surface area contributed by atoms with E-state index in [9.17, 15) is 5.11 Å². The van der Waals surface area contributed by atoms with E-state index in [1.54, 1.807) is 0 Å². The normalized spacial score (nSPS) is 14.2. The molecule has 3 nitrogen and oxygen atoms in total. The average Bonchev–Trinajstić information content (AvgIpc) is 2.66. The molecule has 0 aliphatic heterocycles. The van der Waals surface area contributed by atoms with Gasteiger partial charge in [0.2, 0.25) is 0 Å². The van der Waals surface area contributed by atoms with Gasteiger partial charge < -0.3 is 15.4 Å². The third-order valence-electron chi connectivity index (χ3n) is 3.51. The fourth-order valence-electron chi connectivity index (χ4n) is 2.14. The van der Waals surface area contributed by atoms with Gasteiger partial charge >= 0.3 is 0 Å². The Morgan fingerprint density at radius 2 is 2.00 bits per heavy atom. The van der Waals surface area contributed by atoms with Crippen molar-refractivity contribution in [3.05, 3.63) is 36.0 Å². The van der Waals surface area contributed by atoms with Crippen LogP contribution in [0.5, 0.6) is 0 Å². The van der Waals surface area contributed by atoms with Gasteiger partial charge in [0.05, 0.1) is 0 Å². The molecule has 0 spiro atoms. The topological polar surface area (TPSA) is 51.2 Å². The summed E-state index contributed by atoms with van der Waals surface area (Å²) in [6.07, 6.45) is 2.06. The molecule has 3 N–H and O–H groups in total. The van der Waals surface area contributed by atoms with Crippen molar-refractivity contribution in [3.63, 3.8) is 0 Å². The molecule has 0 aliphatic carbocycles. The van der Waals surface area contributed by atoms with Crippen LogP contribution in [0.3, 0.4) is 0 Å². The number of rotatable bonds is 3. The van der Waals surface area contributed by atoms with E-state index in [4.69, 9.17) is 5.73 Å². The summed E-state index contributed by atoms with van der Waals surface area (Å²) in [6, 6.07) is 8.04. The first-order valence-electron chi connectivity index (χ1n) is 5.88. The first-order chi connectivity index (χ1) is 7.97. The monoisotopic (exact) mass is 232 g/mol. The van der Waals surface area contributed by atoms with Crippen LogP contribution >= 0.6 is 0 Å². The molecule has 2 rings (SSSR count). The summed E-state index contributed by atoms with van der Waals surface area (Å²) >= 11 is 0. The number of aromatic nitrogens is 1. The number of aliphatic hydroxyl groups excluding tert-OH is 1. The van der Waals surface area contributed by atoms with Gasteiger partial charge in [-0.1, -0.05) is 32.0 Å². The van der Waals surface area contributed by atoms with Gasteiger partial charge in [-0.2, -0.15) is 0 Å². The summed E-state index contributed by atoms with van der Waals surface area (Å²) in [5.41, 5.74) is 8.25. The lowest BCUT2D eigenvalue weighted by Crippen LogP contribution is -2.32. The molecule has 0 saturated carbocycles. The zero-order chi connectivity index (χ0) is 12.6. The van der Waals surface area contributed by atoms with E-state index in [1.165, 1.54) is 10.9 Å². The van der Waals surface area contributed by atoms with Crippen LogP contribution in [0, 0.1) is 5.41 Å². The molecular weight excluding hydrogens is 212 g/mol. The van der Waals surface area contributed by atoms with Crippen molar-refractivity contribution in [2.75, 3.05) is 6.61 Å². The number of hydrogen-bond donors (Lipinski definition) is 2. The maximum atomic E-state index is 9.42. The molecule has 0 saturated heterocycles. The van der Waals surface area contributed by atoms with Gasteiger partial charge in [0, 0.05) is 42.2 Å². The van der Waals surface area contributed by atoms with Gasteiger partial charge in [0.25, 0.3) is 0 Å². The molecule has 0 fully saturated rings. The first-order valence-corrected chi connectivity index (χ1v) is 5.88. The summed E-state index contributed by atoms with van der Waals surface area (Å²) in [7, 11) is 2.02. The number of fused-ring (bicyclic) bond motifs is 1. The number of aliphatic hydroxyl groups is 1. The predicted molar refractivity (Wildman–Crippen MR) is 70.7 cm³/mol. The highest BCUT2D eigenvalue weighted by molar-refractivity contribution is 5.84. The standard InChI is InChI=1S/C14H20N2O/c1-14(2,9-17)13(15)11-8-16(3)12-7-5-4-6-10(11)12/h4-8,13,17H,9,15H2,1-3H3/t13-/m1/s1. The Morgan fingerprint density at radius 3 is 2.65 bits per heavy atom. The lowest BCUT2D eigenvalue weighted by molar-refractivity contribution is 0.132. The number of aryl methyl sites for hydroxylation is 1.